The summed E-state index contributed by atoms with van der Waals surface area (Å²) in [7, 11) is 3.05. The van der Waals surface area contributed by atoms with E-state index in [9.17, 15) is 0 Å². The average Bonchev–Trinajstić information content (AvgIpc) is 2.38. The van der Waals surface area contributed by atoms with Crippen molar-refractivity contribution in [2.24, 2.45) is 10.8 Å². The van der Waals surface area contributed by atoms with Gasteiger partial charge in [0.15, 0.2) is 17.3 Å². The molecule has 4 N–H and O–H groups in total. The van der Waals surface area contributed by atoms with Crippen molar-refractivity contribution in [3.8, 4) is 17.6 Å². The van der Waals surface area contributed by atoms with Crippen LogP contribution in [0.5, 0.6) is 11.5 Å². The molecule has 0 aliphatic heterocycles. The summed E-state index contributed by atoms with van der Waals surface area (Å²) in [5.41, 5.74) is 8.17. The third kappa shape index (κ3) is 3.12. The van der Waals surface area contributed by atoms with Crippen LogP contribution in [0.1, 0.15) is 0 Å². The Kier molecular flexibility index (Phi) is 4.51. The molecule has 0 aromatic heterocycles. The molecule has 0 radical (unpaired) electrons. The van der Waals surface area contributed by atoms with Gasteiger partial charge < -0.3 is 15.2 Å². The molecule has 0 aliphatic carbocycles. The normalized spacial score (nSPS) is 10.4. The SMILES string of the molecule is COc1ccc(N/N=C(\C#N)C(=N)N)cc1OC. The molecule has 1 aromatic carbocycles. The second kappa shape index (κ2) is 6.10. The second-order valence-corrected chi connectivity index (χ2v) is 3.17. The fourth-order valence-corrected chi connectivity index (χ4v) is 1.17. The van der Waals surface area contributed by atoms with Crippen molar-refractivity contribution in [2.75, 3.05) is 19.6 Å². The minimum absolute atomic E-state index is 0.190. The zero-order chi connectivity index (χ0) is 13.5. The summed E-state index contributed by atoms with van der Waals surface area (Å²) in [6, 6.07) is 6.74. The van der Waals surface area contributed by atoms with Gasteiger partial charge in [-0.3, -0.25) is 10.8 Å². The molecule has 0 aliphatic rings. The summed E-state index contributed by atoms with van der Waals surface area (Å²) in [6.45, 7) is 0. The van der Waals surface area contributed by atoms with Crippen LogP contribution in [0.25, 0.3) is 0 Å². The van der Waals surface area contributed by atoms with Crippen LogP contribution in [-0.4, -0.2) is 25.8 Å². The van der Waals surface area contributed by atoms with Crippen molar-refractivity contribution >= 4 is 17.2 Å². The number of rotatable bonds is 5. The molecular formula is C11H13N5O2. The molecule has 7 nitrogen and oxygen atoms in total. The molecule has 0 heterocycles. The highest BCUT2D eigenvalue weighted by molar-refractivity contribution is 6.45. The Balaban J connectivity index is 2.93. The van der Waals surface area contributed by atoms with Gasteiger partial charge in [-0.25, -0.2) is 0 Å². The fraction of sp³-hybridized carbons (Fsp3) is 0.182. The van der Waals surface area contributed by atoms with E-state index in [1.807, 2.05) is 0 Å². The molecular weight excluding hydrogens is 234 g/mol. The first-order chi connectivity index (χ1) is 8.62. The lowest BCUT2D eigenvalue weighted by Gasteiger charge is -2.09. The molecule has 0 atom stereocenters. The Morgan fingerprint density at radius 2 is 2.06 bits per heavy atom. The van der Waals surface area contributed by atoms with E-state index in [0.29, 0.717) is 17.2 Å². The average molecular weight is 247 g/mol. The molecule has 0 unspecified atom stereocenters. The molecule has 0 saturated heterocycles. The zero-order valence-corrected chi connectivity index (χ0v) is 10.0. The monoisotopic (exact) mass is 247 g/mol. The Morgan fingerprint density at radius 1 is 1.39 bits per heavy atom. The van der Waals surface area contributed by atoms with E-state index in [1.165, 1.54) is 14.2 Å². The number of nitrogens with one attached hydrogen (secondary N) is 2. The number of nitrogens with zero attached hydrogens (tertiary/aromatic N) is 2. The summed E-state index contributed by atoms with van der Waals surface area (Å²) >= 11 is 0. The first kappa shape index (κ1) is 13.3. The van der Waals surface area contributed by atoms with Crippen LogP contribution in [0.4, 0.5) is 5.69 Å². The van der Waals surface area contributed by atoms with Gasteiger partial charge in [-0.2, -0.15) is 10.4 Å². The molecule has 1 aromatic rings. The summed E-state index contributed by atoms with van der Waals surface area (Å²) in [4.78, 5) is 0. The van der Waals surface area contributed by atoms with Gasteiger partial charge in [0.05, 0.1) is 19.9 Å². The first-order valence-electron chi connectivity index (χ1n) is 4.92. The third-order valence-corrected chi connectivity index (χ3v) is 2.04. The van der Waals surface area contributed by atoms with E-state index >= 15 is 0 Å². The predicted molar refractivity (Wildman–Crippen MR) is 68.1 cm³/mol. The lowest BCUT2D eigenvalue weighted by atomic mass is 10.3. The predicted octanol–water partition coefficient (Wildman–Crippen LogP) is 0.931. The van der Waals surface area contributed by atoms with Crippen LogP contribution in [0, 0.1) is 16.7 Å². The highest BCUT2D eigenvalue weighted by Crippen LogP contribution is 2.29. The number of amidine groups is 1. The smallest absolute Gasteiger partial charge is 0.201 e. The highest BCUT2D eigenvalue weighted by atomic mass is 16.5. The van der Waals surface area contributed by atoms with Crippen molar-refractivity contribution in [1.29, 1.82) is 10.7 Å². The maximum absolute atomic E-state index is 8.67. The van der Waals surface area contributed by atoms with Crippen molar-refractivity contribution in [2.45, 2.75) is 0 Å². The third-order valence-electron chi connectivity index (χ3n) is 2.04. The minimum atomic E-state index is -0.398. The number of nitriles is 1. The number of nitrogens with two attached hydrogens (primary N) is 1. The molecule has 0 amide bonds. The molecule has 1 rings (SSSR count). The highest BCUT2D eigenvalue weighted by Gasteiger charge is 2.05. The summed E-state index contributed by atoms with van der Waals surface area (Å²) in [6.07, 6.45) is 0. The Labute approximate surface area is 104 Å². The maximum atomic E-state index is 8.67. The van der Waals surface area contributed by atoms with Gasteiger partial charge in [-0.05, 0) is 12.1 Å². The van der Waals surface area contributed by atoms with E-state index in [2.05, 4.69) is 10.5 Å². The lowest BCUT2D eigenvalue weighted by molar-refractivity contribution is 0.355. The van der Waals surface area contributed by atoms with Gasteiger partial charge >= 0.3 is 0 Å². The van der Waals surface area contributed by atoms with E-state index in [1.54, 1.807) is 24.3 Å². The number of hydrogen-bond acceptors (Lipinski definition) is 6. The Morgan fingerprint density at radius 3 is 2.56 bits per heavy atom. The molecule has 0 saturated carbocycles. The minimum Gasteiger partial charge on any atom is -0.493 e. The summed E-state index contributed by atoms with van der Waals surface area (Å²) in [5, 5.41) is 19.5. The van der Waals surface area contributed by atoms with Gasteiger partial charge in [-0.15, -0.1) is 0 Å². The van der Waals surface area contributed by atoms with Gasteiger partial charge in [-0.1, -0.05) is 0 Å². The molecule has 7 heteroatoms. The maximum Gasteiger partial charge on any atom is 0.201 e. The van der Waals surface area contributed by atoms with Crippen LogP contribution in [0.3, 0.4) is 0 Å². The Bertz CT molecular complexity index is 519. The van der Waals surface area contributed by atoms with Gasteiger partial charge in [0, 0.05) is 6.07 Å². The number of hydrogen-bond donors (Lipinski definition) is 3. The first-order valence-corrected chi connectivity index (χ1v) is 4.92. The zero-order valence-electron chi connectivity index (χ0n) is 10.0. The number of anilines is 1. The fourth-order valence-electron chi connectivity index (χ4n) is 1.17. The number of ether oxygens (including phenoxy) is 2. The van der Waals surface area contributed by atoms with E-state index in [0.717, 1.165) is 0 Å². The van der Waals surface area contributed by atoms with Crippen LogP contribution in [-0.2, 0) is 0 Å². The van der Waals surface area contributed by atoms with Crippen LogP contribution in [0.15, 0.2) is 23.3 Å². The molecule has 94 valence electrons. The Hall–Kier alpha value is -2.75. The van der Waals surface area contributed by atoms with Crippen molar-refractivity contribution in [3.63, 3.8) is 0 Å². The molecule has 18 heavy (non-hydrogen) atoms. The van der Waals surface area contributed by atoms with Crippen LogP contribution >= 0.6 is 0 Å². The standard InChI is InChI=1S/C11H13N5O2/c1-17-9-4-3-7(5-10(9)18-2)15-16-8(6-12)11(13)14/h3-5,15H,1-2H3,(H3,13,14)/b16-8+. The van der Waals surface area contributed by atoms with Crippen LogP contribution < -0.4 is 20.6 Å². The van der Waals surface area contributed by atoms with Crippen molar-refractivity contribution in [3.05, 3.63) is 18.2 Å². The van der Waals surface area contributed by atoms with Crippen LogP contribution in [0.2, 0.25) is 0 Å². The molecule has 0 spiro atoms. The van der Waals surface area contributed by atoms with E-state index in [4.69, 9.17) is 25.9 Å². The molecule has 0 bridgehead atoms. The number of benzene rings is 1. The molecule has 0 fully saturated rings. The quantitative estimate of drug-likeness (QED) is 0.406. The van der Waals surface area contributed by atoms with E-state index in [-0.39, 0.29) is 5.71 Å². The summed E-state index contributed by atoms with van der Waals surface area (Å²) in [5.74, 6) is 0.712. The van der Waals surface area contributed by atoms with Gasteiger partial charge in [0.1, 0.15) is 6.07 Å². The number of hydrazone groups is 1. The van der Waals surface area contributed by atoms with Gasteiger partial charge in [0.25, 0.3) is 0 Å². The summed E-state index contributed by atoms with van der Waals surface area (Å²) < 4.78 is 10.2. The van der Waals surface area contributed by atoms with Crippen molar-refractivity contribution < 1.29 is 9.47 Å². The van der Waals surface area contributed by atoms with Gasteiger partial charge in [0.2, 0.25) is 5.71 Å². The second-order valence-electron chi connectivity index (χ2n) is 3.17. The van der Waals surface area contributed by atoms with Crippen molar-refractivity contribution in [1.82, 2.24) is 0 Å². The topological polar surface area (TPSA) is 117 Å². The largest absolute Gasteiger partial charge is 0.493 e. The lowest BCUT2D eigenvalue weighted by Crippen LogP contribution is -2.21. The van der Waals surface area contributed by atoms with E-state index < -0.39 is 5.84 Å². The number of methoxy groups -OCH3 is 2.